The summed E-state index contributed by atoms with van der Waals surface area (Å²) >= 11 is 0. The maximum atomic E-state index is 14.1. The first kappa shape index (κ1) is 45.0. The second-order valence-electron chi connectivity index (χ2n) is 10.1. The van der Waals surface area contributed by atoms with Gasteiger partial charge in [-0.1, -0.05) is 32.1 Å². The summed E-state index contributed by atoms with van der Waals surface area (Å²) in [4.78, 5) is 0. The topological polar surface area (TPSA) is 80.9 Å². The Labute approximate surface area is 251 Å². The van der Waals surface area contributed by atoms with Crippen LogP contribution in [-0.4, -0.2) is 115 Å². The van der Waals surface area contributed by atoms with Crippen LogP contribution in [0.15, 0.2) is 38.0 Å². The SMILES string of the molecule is C=CCNCCC[N+](C)(C)OP(=O)(O[N+](C)(C)CCCNCC=C)O[N+](C)(C)CCCNCC=C.[Cl-].[Cl-].[Cl-]. The molecule has 0 aromatic heterocycles. The largest absolute Gasteiger partial charge is 1.00 e. The van der Waals surface area contributed by atoms with Crippen LogP contribution in [0.25, 0.3) is 0 Å². The Balaban J connectivity index is -0.00000193. The highest BCUT2D eigenvalue weighted by atomic mass is 35.5. The standard InChI is InChI=1S/C24H54N6O4P.3ClH/c1-10-16-25-19-13-22-28(4,5)32-35(31,33-29(6,7)23-14-20-26-17-11-2)34-30(8,9)24-15-21-27-18-12-3;;;/h10-12,25-27H,1-3,13-24H2,4-9H3;3*1H/q+3;;;/p-3. The Hall–Kier alpha value is -0.0400. The van der Waals surface area contributed by atoms with Crippen LogP contribution in [0.1, 0.15) is 19.3 Å². The summed E-state index contributed by atoms with van der Waals surface area (Å²) in [5, 5.41) is 9.83. The van der Waals surface area contributed by atoms with Gasteiger partial charge in [-0.05, 0) is 0 Å². The van der Waals surface area contributed by atoms with Gasteiger partial charge in [-0.25, -0.2) is 4.57 Å². The molecule has 0 rings (SSSR count). The van der Waals surface area contributed by atoms with E-state index in [4.69, 9.17) is 13.9 Å². The number of nitrogens with zero attached hydrogens (tertiary/aromatic N) is 3. The molecule has 0 aliphatic rings. The lowest BCUT2D eigenvalue weighted by Crippen LogP contribution is -3.00. The summed E-state index contributed by atoms with van der Waals surface area (Å²) in [6.07, 6.45) is 7.98. The van der Waals surface area contributed by atoms with Crippen molar-refractivity contribution in [3.05, 3.63) is 38.0 Å². The Kier molecular flexibility index (Phi) is 28.0. The molecule has 10 nitrogen and oxygen atoms in total. The first-order valence-corrected chi connectivity index (χ1v) is 13.9. The lowest BCUT2D eigenvalue weighted by molar-refractivity contribution is -1.10. The molecule has 0 radical (unpaired) electrons. The summed E-state index contributed by atoms with van der Waals surface area (Å²) in [6.45, 7) is 17.7. The Morgan fingerprint density at radius 2 is 0.816 bits per heavy atom. The summed E-state index contributed by atoms with van der Waals surface area (Å²) in [5.74, 6) is 0. The quantitative estimate of drug-likeness (QED) is 0.0323. The third-order valence-corrected chi connectivity index (χ3v) is 6.91. The summed E-state index contributed by atoms with van der Waals surface area (Å²) in [7, 11) is 7.24. The van der Waals surface area contributed by atoms with Crippen LogP contribution in [0.3, 0.4) is 0 Å². The van der Waals surface area contributed by atoms with Crippen LogP contribution in [-0.2, 0) is 18.4 Å². The van der Waals surface area contributed by atoms with Gasteiger partial charge < -0.3 is 53.2 Å². The lowest BCUT2D eigenvalue weighted by Gasteiger charge is -2.36. The van der Waals surface area contributed by atoms with E-state index < -0.39 is 7.82 Å². The highest BCUT2D eigenvalue weighted by molar-refractivity contribution is 7.48. The molecule has 0 spiro atoms. The summed E-state index contributed by atoms with van der Waals surface area (Å²) < 4.78 is 32.5. The number of nitrogens with one attached hydrogen (secondary N) is 3. The van der Waals surface area contributed by atoms with Crippen LogP contribution < -0.4 is 53.2 Å². The average Bonchev–Trinajstić information content (AvgIpc) is 2.71. The molecule has 38 heavy (non-hydrogen) atoms. The zero-order valence-electron chi connectivity index (χ0n) is 24.4. The van der Waals surface area contributed by atoms with Crippen LogP contribution in [0.4, 0.5) is 0 Å². The fraction of sp³-hybridized carbons (Fsp3) is 0.750. The Morgan fingerprint density at radius 1 is 0.579 bits per heavy atom. The van der Waals surface area contributed by atoms with Crippen molar-refractivity contribution < 1.29 is 69.6 Å². The van der Waals surface area contributed by atoms with Crippen molar-refractivity contribution in [1.29, 1.82) is 0 Å². The van der Waals surface area contributed by atoms with Crippen LogP contribution in [0.2, 0.25) is 0 Å². The van der Waals surface area contributed by atoms with Gasteiger partial charge in [0, 0.05) is 58.5 Å². The van der Waals surface area contributed by atoms with Crippen molar-refractivity contribution in [2.45, 2.75) is 19.3 Å². The van der Waals surface area contributed by atoms with Gasteiger partial charge in [-0.2, -0.15) is 13.9 Å². The molecule has 0 amide bonds. The van der Waals surface area contributed by atoms with Gasteiger partial charge in [0.1, 0.15) is 19.6 Å². The number of halogens is 3. The highest BCUT2D eigenvalue weighted by Gasteiger charge is 2.49. The predicted octanol–water partition coefficient (Wildman–Crippen LogP) is -6.37. The Morgan fingerprint density at radius 3 is 1.03 bits per heavy atom. The normalized spacial score (nSPS) is 12.1. The maximum Gasteiger partial charge on any atom is 0.615 e. The van der Waals surface area contributed by atoms with E-state index in [0.717, 1.165) is 58.5 Å². The molecule has 0 saturated heterocycles. The van der Waals surface area contributed by atoms with E-state index in [1.807, 2.05) is 60.5 Å². The zero-order valence-corrected chi connectivity index (χ0v) is 27.6. The van der Waals surface area contributed by atoms with E-state index >= 15 is 0 Å². The molecule has 14 heteroatoms. The monoisotopic (exact) mass is 626 g/mol. The van der Waals surface area contributed by atoms with Gasteiger partial charge in [0.15, 0.2) is 0 Å². The maximum absolute atomic E-state index is 14.1. The molecule has 0 heterocycles. The molecule has 0 fully saturated rings. The van der Waals surface area contributed by atoms with Crippen molar-refractivity contribution in [3.63, 3.8) is 0 Å². The number of quaternary nitrogens is 3. The molecule has 230 valence electrons. The van der Waals surface area contributed by atoms with E-state index in [1.54, 1.807) is 0 Å². The van der Waals surface area contributed by atoms with E-state index in [2.05, 4.69) is 35.7 Å². The molecule has 0 atom stereocenters. The number of hydroxylamine groups is 9. The zero-order chi connectivity index (χ0) is 26.8. The fourth-order valence-corrected chi connectivity index (χ4v) is 5.30. The number of rotatable bonds is 24. The third kappa shape index (κ3) is 25.0. The second-order valence-corrected chi connectivity index (χ2v) is 11.5. The van der Waals surface area contributed by atoms with Crippen molar-refractivity contribution >= 4 is 7.82 Å². The molecule has 0 saturated carbocycles. The van der Waals surface area contributed by atoms with E-state index in [9.17, 15) is 4.57 Å². The number of phosphoric acid groups is 1. The molecule has 0 aliphatic carbocycles. The van der Waals surface area contributed by atoms with Crippen LogP contribution in [0.5, 0.6) is 0 Å². The minimum absolute atomic E-state index is 0. The van der Waals surface area contributed by atoms with Crippen LogP contribution >= 0.6 is 7.82 Å². The van der Waals surface area contributed by atoms with Crippen molar-refractivity contribution in [3.8, 4) is 0 Å². The molecule has 0 aromatic rings. The van der Waals surface area contributed by atoms with E-state index in [-0.39, 0.29) is 51.2 Å². The molecule has 3 N–H and O–H groups in total. The average molecular weight is 628 g/mol. The molecule has 0 aliphatic heterocycles. The van der Waals surface area contributed by atoms with Crippen molar-refractivity contribution in [2.75, 3.05) is 101 Å². The van der Waals surface area contributed by atoms with Gasteiger partial charge >= 0.3 is 7.82 Å². The first-order chi connectivity index (χ1) is 16.3. The molecule has 0 bridgehead atoms. The van der Waals surface area contributed by atoms with Gasteiger partial charge in [0.05, 0.1) is 42.3 Å². The van der Waals surface area contributed by atoms with Gasteiger partial charge in [0.2, 0.25) is 0 Å². The molecule has 0 unspecified atom stereocenters. The van der Waals surface area contributed by atoms with Crippen LogP contribution in [0, 0.1) is 0 Å². The van der Waals surface area contributed by atoms with Crippen molar-refractivity contribution in [2.24, 2.45) is 0 Å². The molecule has 0 aromatic carbocycles. The van der Waals surface area contributed by atoms with Crippen molar-refractivity contribution in [1.82, 2.24) is 16.0 Å². The van der Waals surface area contributed by atoms with Gasteiger partial charge in [-0.15, -0.1) is 19.7 Å². The first-order valence-electron chi connectivity index (χ1n) is 12.5. The summed E-state index contributed by atoms with van der Waals surface area (Å²) in [5.41, 5.74) is 0. The fourth-order valence-electron chi connectivity index (χ4n) is 3.35. The van der Waals surface area contributed by atoms with Gasteiger partial charge in [0.25, 0.3) is 0 Å². The molecular weight excluding hydrogens is 574 g/mol. The van der Waals surface area contributed by atoms with E-state index in [0.29, 0.717) is 19.6 Å². The second kappa shape index (κ2) is 23.6. The minimum atomic E-state index is -3.96. The Bertz CT molecular complexity index is 587. The minimum Gasteiger partial charge on any atom is -1.00 e. The third-order valence-electron chi connectivity index (χ3n) is 4.98. The molecular formula is C24H54Cl3N6O4P. The van der Waals surface area contributed by atoms with Gasteiger partial charge in [-0.3, -0.25) is 0 Å². The lowest BCUT2D eigenvalue weighted by atomic mass is 10.4. The highest BCUT2D eigenvalue weighted by Crippen LogP contribution is 2.55. The predicted molar refractivity (Wildman–Crippen MR) is 145 cm³/mol. The number of hydrogen-bond acceptors (Lipinski definition) is 7. The smallest absolute Gasteiger partial charge is 0.615 e. The summed E-state index contributed by atoms with van der Waals surface area (Å²) in [6, 6.07) is 0. The number of hydrogen-bond donors (Lipinski definition) is 3. The van der Waals surface area contributed by atoms with E-state index in [1.165, 1.54) is 0 Å².